The van der Waals surface area contributed by atoms with Gasteiger partial charge in [0.1, 0.15) is 0 Å². The van der Waals surface area contributed by atoms with E-state index in [4.69, 9.17) is 28.9 Å². The molecule has 0 heterocycles. The fourth-order valence-corrected chi connectivity index (χ4v) is 2.59. The van der Waals surface area contributed by atoms with Gasteiger partial charge in [-0.15, -0.1) is 0 Å². The van der Waals surface area contributed by atoms with Gasteiger partial charge in [-0.05, 0) is 54.3 Å². The maximum absolute atomic E-state index is 6.31. The Hall–Kier alpha value is -1.02. The van der Waals surface area contributed by atoms with Gasteiger partial charge in [0.25, 0.3) is 0 Å². The van der Waals surface area contributed by atoms with E-state index in [1.165, 1.54) is 11.1 Å². The molecule has 0 bridgehead atoms. The van der Waals surface area contributed by atoms with E-state index in [1.807, 2.05) is 24.3 Å². The molecule has 0 aliphatic rings. The third-order valence-corrected chi connectivity index (χ3v) is 3.66. The van der Waals surface area contributed by atoms with E-state index >= 15 is 0 Å². The third kappa shape index (κ3) is 2.69. The number of rotatable bonds is 2. The van der Waals surface area contributed by atoms with Crippen molar-refractivity contribution in [2.24, 2.45) is 5.73 Å². The van der Waals surface area contributed by atoms with E-state index in [0.717, 1.165) is 11.1 Å². The molecule has 0 fully saturated rings. The van der Waals surface area contributed by atoms with Crippen LogP contribution in [0.2, 0.25) is 10.0 Å². The molecular formula is C15H15Cl2N. The second-order valence-electron chi connectivity index (χ2n) is 4.47. The highest BCUT2D eigenvalue weighted by atomic mass is 35.5. The van der Waals surface area contributed by atoms with Crippen molar-refractivity contribution in [1.82, 2.24) is 0 Å². The Morgan fingerprint density at radius 2 is 1.61 bits per heavy atom. The second kappa shape index (κ2) is 5.31. The molecule has 2 aromatic rings. The molecule has 0 radical (unpaired) electrons. The molecule has 94 valence electrons. The Bertz CT molecular complexity index is 558. The van der Waals surface area contributed by atoms with E-state index in [2.05, 4.69) is 19.9 Å². The average Bonchev–Trinajstić information content (AvgIpc) is 2.30. The zero-order valence-electron chi connectivity index (χ0n) is 10.4. The summed E-state index contributed by atoms with van der Waals surface area (Å²) in [7, 11) is 0. The van der Waals surface area contributed by atoms with Crippen LogP contribution in [0.1, 0.15) is 28.3 Å². The van der Waals surface area contributed by atoms with Crippen molar-refractivity contribution < 1.29 is 0 Å². The minimum absolute atomic E-state index is 0.207. The molecule has 0 saturated carbocycles. The van der Waals surface area contributed by atoms with Crippen molar-refractivity contribution in [2.45, 2.75) is 19.9 Å². The van der Waals surface area contributed by atoms with Crippen LogP contribution in [0.25, 0.3) is 0 Å². The lowest BCUT2D eigenvalue weighted by Gasteiger charge is -2.17. The number of hydrogen-bond donors (Lipinski definition) is 1. The van der Waals surface area contributed by atoms with Crippen LogP contribution in [0.5, 0.6) is 0 Å². The maximum Gasteiger partial charge on any atom is 0.0555 e. The Kier molecular flexibility index (Phi) is 3.96. The summed E-state index contributed by atoms with van der Waals surface area (Å²) in [5.41, 5.74) is 10.8. The number of halogens is 2. The molecule has 0 aromatic heterocycles. The minimum atomic E-state index is -0.207. The van der Waals surface area contributed by atoms with Crippen molar-refractivity contribution in [2.75, 3.05) is 0 Å². The molecule has 1 unspecified atom stereocenters. The number of benzene rings is 2. The van der Waals surface area contributed by atoms with Crippen LogP contribution in [0, 0.1) is 13.8 Å². The zero-order chi connectivity index (χ0) is 13.3. The topological polar surface area (TPSA) is 26.0 Å². The van der Waals surface area contributed by atoms with Gasteiger partial charge < -0.3 is 5.73 Å². The molecule has 3 heteroatoms. The van der Waals surface area contributed by atoms with Crippen molar-refractivity contribution in [1.29, 1.82) is 0 Å². The van der Waals surface area contributed by atoms with Crippen molar-refractivity contribution in [3.8, 4) is 0 Å². The van der Waals surface area contributed by atoms with Crippen LogP contribution < -0.4 is 5.73 Å². The van der Waals surface area contributed by atoms with Crippen molar-refractivity contribution >= 4 is 23.2 Å². The van der Waals surface area contributed by atoms with Crippen molar-refractivity contribution in [3.05, 3.63) is 68.7 Å². The summed E-state index contributed by atoms with van der Waals surface area (Å²) in [6.45, 7) is 4.16. The monoisotopic (exact) mass is 279 g/mol. The summed E-state index contributed by atoms with van der Waals surface area (Å²) in [5, 5.41) is 1.22. The van der Waals surface area contributed by atoms with Gasteiger partial charge in [0.15, 0.2) is 0 Å². The van der Waals surface area contributed by atoms with Gasteiger partial charge in [0, 0.05) is 10.0 Å². The molecule has 0 amide bonds. The van der Waals surface area contributed by atoms with Crippen LogP contribution in [-0.2, 0) is 0 Å². The van der Waals surface area contributed by atoms with E-state index in [0.29, 0.717) is 10.0 Å². The van der Waals surface area contributed by atoms with E-state index in [-0.39, 0.29) is 6.04 Å². The molecule has 0 aliphatic carbocycles. The quantitative estimate of drug-likeness (QED) is 0.850. The molecule has 1 atom stereocenters. The lowest BCUT2D eigenvalue weighted by Crippen LogP contribution is -2.13. The number of nitrogens with two attached hydrogens (primary N) is 1. The van der Waals surface area contributed by atoms with Gasteiger partial charge in [-0.3, -0.25) is 0 Å². The molecule has 2 rings (SSSR count). The fraction of sp³-hybridized carbons (Fsp3) is 0.200. The second-order valence-corrected chi connectivity index (χ2v) is 5.34. The van der Waals surface area contributed by atoms with Gasteiger partial charge in [-0.1, -0.05) is 41.4 Å². The van der Waals surface area contributed by atoms with Crippen LogP contribution in [-0.4, -0.2) is 0 Å². The van der Waals surface area contributed by atoms with Crippen LogP contribution in [0.3, 0.4) is 0 Å². The first kappa shape index (κ1) is 13.4. The average molecular weight is 280 g/mol. The summed E-state index contributed by atoms with van der Waals surface area (Å²) >= 11 is 12.0. The molecule has 0 spiro atoms. The maximum atomic E-state index is 6.31. The Morgan fingerprint density at radius 1 is 1.00 bits per heavy atom. The van der Waals surface area contributed by atoms with E-state index < -0.39 is 0 Å². The van der Waals surface area contributed by atoms with Gasteiger partial charge in [0.05, 0.1) is 6.04 Å². The number of aryl methyl sites for hydroxylation is 1. The highest BCUT2D eigenvalue weighted by Crippen LogP contribution is 2.28. The Balaban J connectivity index is 2.47. The molecule has 18 heavy (non-hydrogen) atoms. The smallest absolute Gasteiger partial charge is 0.0555 e. The molecule has 0 saturated heterocycles. The third-order valence-electron chi connectivity index (χ3n) is 3.23. The van der Waals surface area contributed by atoms with Gasteiger partial charge in [-0.25, -0.2) is 0 Å². The highest BCUT2D eigenvalue weighted by molar-refractivity contribution is 6.34. The summed E-state index contributed by atoms with van der Waals surface area (Å²) in [6, 6.07) is 11.4. The molecular weight excluding hydrogens is 265 g/mol. The number of hydrogen-bond acceptors (Lipinski definition) is 1. The first-order valence-electron chi connectivity index (χ1n) is 5.76. The van der Waals surface area contributed by atoms with Crippen LogP contribution >= 0.6 is 23.2 Å². The van der Waals surface area contributed by atoms with Crippen LogP contribution in [0.15, 0.2) is 36.4 Å². The molecule has 2 N–H and O–H groups in total. The van der Waals surface area contributed by atoms with Gasteiger partial charge in [-0.2, -0.15) is 0 Å². The lowest BCUT2D eigenvalue weighted by molar-refractivity contribution is 0.859. The summed E-state index contributed by atoms with van der Waals surface area (Å²) in [4.78, 5) is 0. The molecule has 2 aromatic carbocycles. The van der Waals surface area contributed by atoms with Gasteiger partial charge in [0.2, 0.25) is 0 Å². The first-order valence-corrected chi connectivity index (χ1v) is 6.52. The summed E-state index contributed by atoms with van der Waals surface area (Å²) < 4.78 is 0. The Labute approximate surface area is 118 Å². The summed E-state index contributed by atoms with van der Waals surface area (Å²) in [6.07, 6.45) is 0. The first-order chi connectivity index (χ1) is 8.49. The molecule has 0 aliphatic heterocycles. The van der Waals surface area contributed by atoms with Crippen LogP contribution in [0.4, 0.5) is 0 Å². The lowest BCUT2D eigenvalue weighted by atomic mass is 9.93. The predicted molar refractivity (Wildman–Crippen MR) is 78.4 cm³/mol. The minimum Gasteiger partial charge on any atom is -0.320 e. The highest BCUT2D eigenvalue weighted by Gasteiger charge is 2.13. The van der Waals surface area contributed by atoms with E-state index in [9.17, 15) is 0 Å². The predicted octanol–water partition coefficient (Wildman–Crippen LogP) is 4.66. The standard InChI is InChI=1S/C15H15Cl2N/c1-9-4-3-5-14(10(9)2)15(18)11-6-12(16)8-13(17)7-11/h3-8,15H,18H2,1-2H3. The largest absolute Gasteiger partial charge is 0.320 e. The molecule has 1 nitrogen and oxygen atoms in total. The fourth-order valence-electron chi connectivity index (χ4n) is 2.04. The van der Waals surface area contributed by atoms with Gasteiger partial charge >= 0.3 is 0 Å². The summed E-state index contributed by atoms with van der Waals surface area (Å²) in [5.74, 6) is 0. The van der Waals surface area contributed by atoms with Crippen molar-refractivity contribution in [3.63, 3.8) is 0 Å². The zero-order valence-corrected chi connectivity index (χ0v) is 11.9. The normalized spacial score (nSPS) is 12.5. The van der Waals surface area contributed by atoms with E-state index in [1.54, 1.807) is 6.07 Å². The Morgan fingerprint density at radius 3 is 2.22 bits per heavy atom. The SMILES string of the molecule is Cc1cccc(C(N)c2cc(Cl)cc(Cl)c2)c1C.